The van der Waals surface area contributed by atoms with Crippen LogP contribution in [0, 0.1) is 11.8 Å². The summed E-state index contributed by atoms with van der Waals surface area (Å²) in [5.74, 6) is 3.69. The van der Waals surface area contributed by atoms with Gasteiger partial charge in [-0.3, -0.25) is 4.99 Å². The van der Waals surface area contributed by atoms with Gasteiger partial charge in [0.1, 0.15) is 5.82 Å². The van der Waals surface area contributed by atoms with Gasteiger partial charge in [-0.25, -0.2) is 4.98 Å². The number of guanidine groups is 1. The Balaban J connectivity index is 0.00000208. The largest absolute Gasteiger partial charge is 0.357 e. The maximum absolute atomic E-state index is 4.64. The Kier molecular flexibility index (Phi) is 7.58. The number of aromatic nitrogens is 1. The summed E-state index contributed by atoms with van der Waals surface area (Å²) < 4.78 is 0. The highest BCUT2D eigenvalue weighted by atomic mass is 127. The number of rotatable bonds is 5. The molecular formula is C18H30IN5. The second kappa shape index (κ2) is 9.44. The summed E-state index contributed by atoms with van der Waals surface area (Å²) >= 11 is 0. The van der Waals surface area contributed by atoms with Crippen LogP contribution < -0.4 is 15.5 Å². The van der Waals surface area contributed by atoms with Gasteiger partial charge in [-0.1, -0.05) is 13.0 Å². The van der Waals surface area contributed by atoms with Crippen molar-refractivity contribution in [3.63, 3.8) is 0 Å². The zero-order chi connectivity index (χ0) is 16.1. The number of piperidine rings is 1. The molecule has 1 saturated carbocycles. The van der Waals surface area contributed by atoms with Crippen molar-refractivity contribution in [1.82, 2.24) is 15.6 Å². The van der Waals surface area contributed by atoms with Gasteiger partial charge in [0, 0.05) is 39.4 Å². The number of pyridine rings is 1. The SMILES string of the molecule is CN=C(NCc1ccc(N2CCC(C)CC2)nc1)NCC1CC1.I. The molecule has 1 aromatic heterocycles. The molecule has 134 valence electrons. The molecular weight excluding hydrogens is 413 g/mol. The lowest BCUT2D eigenvalue weighted by Crippen LogP contribution is -2.37. The van der Waals surface area contributed by atoms with Crippen LogP contribution in [0.5, 0.6) is 0 Å². The molecule has 1 aliphatic heterocycles. The summed E-state index contributed by atoms with van der Waals surface area (Å²) in [6.07, 6.45) is 7.23. The van der Waals surface area contributed by atoms with Crippen molar-refractivity contribution in [2.75, 3.05) is 31.6 Å². The summed E-state index contributed by atoms with van der Waals surface area (Å²) in [5.41, 5.74) is 1.19. The van der Waals surface area contributed by atoms with Crippen LogP contribution in [0.4, 0.5) is 5.82 Å². The van der Waals surface area contributed by atoms with E-state index >= 15 is 0 Å². The molecule has 1 aliphatic carbocycles. The molecule has 0 radical (unpaired) electrons. The van der Waals surface area contributed by atoms with Crippen LogP contribution >= 0.6 is 24.0 Å². The number of hydrogen-bond acceptors (Lipinski definition) is 3. The van der Waals surface area contributed by atoms with E-state index in [0.717, 1.165) is 49.8 Å². The Hall–Kier alpha value is -1.05. The average Bonchev–Trinajstić information content (AvgIpc) is 3.41. The van der Waals surface area contributed by atoms with Crippen molar-refractivity contribution in [3.05, 3.63) is 23.9 Å². The minimum atomic E-state index is 0. The molecule has 0 atom stereocenters. The third-order valence-electron chi connectivity index (χ3n) is 4.86. The number of nitrogens with zero attached hydrogens (tertiary/aromatic N) is 3. The maximum atomic E-state index is 4.64. The Labute approximate surface area is 162 Å². The summed E-state index contributed by atoms with van der Waals surface area (Å²) in [4.78, 5) is 11.3. The lowest BCUT2D eigenvalue weighted by Gasteiger charge is -2.31. The highest BCUT2D eigenvalue weighted by Crippen LogP contribution is 2.27. The van der Waals surface area contributed by atoms with Gasteiger partial charge >= 0.3 is 0 Å². The Bertz CT molecular complexity index is 519. The Morgan fingerprint density at radius 2 is 1.96 bits per heavy atom. The highest BCUT2D eigenvalue weighted by Gasteiger charge is 2.21. The molecule has 0 spiro atoms. The van der Waals surface area contributed by atoms with Gasteiger partial charge in [-0.05, 0) is 49.1 Å². The number of anilines is 1. The normalized spacial score (nSPS) is 18.9. The molecule has 0 amide bonds. The molecule has 2 N–H and O–H groups in total. The van der Waals surface area contributed by atoms with Crippen molar-refractivity contribution in [2.45, 2.75) is 39.2 Å². The molecule has 2 heterocycles. The molecule has 0 bridgehead atoms. The average molecular weight is 443 g/mol. The van der Waals surface area contributed by atoms with E-state index in [2.05, 4.69) is 44.6 Å². The van der Waals surface area contributed by atoms with Crippen LogP contribution in [0.25, 0.3) is 0 Å². The van der Waals surface area contributed by atoms with Crippen molar-refractivity contribution in [2.24, 2.45) is 16.8 Å². The fraction of sp³-hybridized carbons (Fsp3) is 0.667. The fourth-order valence-corrected chi connectivity index (χ4v) is 2.92. The predicted octanol–water partition coefficient (Wildman–Crippen LogP) is 3.01. The summed E-state index contributed by atoms with van der Waals surface area (Å²) in [7, 11) is 1.82. The van der Waals surface area contributed by atoms with Gasteiger partial charge in [-0.15, -0.1) is 24.0 Å². The summed E-state index contributed by atoms with van der Waals surface area (Å²) in [6, 6.07) is 4.31. The van der Waals surface area contributed by atoms with Crippen LogP contribution in [0.2, 0.25) is 0 Å². The third kappa shape index (κ3) is 5.79. The van der Waals surface area contributed by atoms with Crippen molar-refractivity contribution in [1.29, 1.82) is 0 Å². The predicted molar refractivity (Wildman–Crippen MR) is 111 cm³/mol. The minimum Gasteiger partial charge on any atom is -0.357 e. The van der Waals surface area contributed by atoms with Crippen LogP contribution in [0.3, 0.4) is 0 Å². The van der Waals surface area contributed by atoms with Gasteiger partial charge in [0.05, 0.1) is 0 Å². The molecule has 1 saturated heterocycles. The van der Waals surface area contributed by atoms with Crippen molar-refractivity contribution >= 4 is 35.8 Å². The number of nitrogens with one attached hydrogen (secondary N) is 2. The van der Waals surface area contributed by atoms with E-state index in [1.54, 1.807) is 0 Å². The lowest BCUT2D eigenvalue weighted by molar-refractivity contribution is 0.436. The molecule has 24 heavy (non-hydrogen) atoms. The smallest absolute Gasteiger partial charge is 0.191 e. The van der Waals surface area contributed by atoms with Crippen molar-refractivity contribution in [3.8, 4) is 0 Å². The standard InChI is InChI=1S/C18H29N5.HI/c1-14-7-9-23(10-8-14)17-6-5-16(12-20-17)13-22-18(19-2)21-11-15-3-4-15;/h5-6,12,14-15H,3-4,7-11,13H2,1-2H3,(H2,19,21,22);1H. The van der Waals surface area contributed by atoms with E-state index in [9.17, 15) is 0 Å². The number of halogens is 1. The number of hydrogen-bond donors (Lipinski definition) is 2. The van der Waals surface area contributed by atoms with Crippen LogP contribution in [0.1, 0.15) is 38.2 Å². The molecule has 2 fully saturated rings. The molecule has 0 unspecified atom stereocenters. The molecule has 3 rings (SSSR count). The number of aliphatic imine (C=N–C) groups is 1. The summed E-state index contributed by atoms with van der Waals surface area (Å²) in [5, 5.41) is 6.74. The Morgan fingerprint density at radius 1 is 1.21 bits per heavy atom. The molecule has 2 aliphatic rings. The van der Waals surface area contributed by atoms with Gasteiger partial charge in [0.15, 0.2) is 5.96 Å². The van der Waals surface area contributed by atoms with E-state index < -0.39 is 0 Å². The van der Waals surface area contributed by atoms with E-state index in [1.807, 2.05) is 13.2 Å². The Morgan fingerprint density at radius 3 is 2.54 bits per heavy atom. The van der Waals surface area contributed by atoms with Crippen molar-refractivity contribution < 1.29 is 0 Å². The van der Waals surface area contributed by atoms with E-state index in [1.165, 1.54) is 31.2 Å². The van der Waals surface area contributed by atoms with Gasteiger partial charge in [0.2, 0.25) is 0 Å². The fourth-order valence-electron chi connectivity index (χ4n) is 2.92. The maximum Gasteiger partial charge on any atom is 0.191 e. The highest BCUT2D eigenvalue weighted by molar-refractivity contribution is 14.0. The lowest BCUT2D eigenvalue weighted by atomic mass is 9.99. The first-order valence-corrected chi connectivity index (χ1v) is 8.89. The molecule has 0 aromatic carbocycles. The van der Waals surface area contributed by atoms with Crippen LogP contribution in [-0.4, -0.2) is 37.6 Å². The zero-order valence-corrected chi connectivity index (χ0v) is 17.1. The van der Waals surface area contributed by atoms with E-state index in [0.29, 0.717) is 0 Å². The first-order valence-electron chi connectivity index (χ1n) is 8.89. The molecule has 1 aromatic rings. The quantitative estimate of drug-likeness (QED) is 0.418. The topological polar surface area (TPSA) is 52.6 Å². The first-order chi connectivity index (χ1) is 11.2. The van der Waals surface area contributed by atoms with E-state index in [-0.39, 0.29) is 24.0 Å². The third-order valence-corrected chi connectivity index (χ3v) is 4.86. The first kappa shape index (κ1) is 19.3. The van der Waals surface area contributed by atoms with Crippen LogP contribution in [0.15, 0.2) is 23.3 Å². The van der Waals surface area contributed by atoms with Crippen LogP contribution in [-0.2, 0) is 6.54 Å². The molecule has 6 heteroatoms. The minimum absolute atomic E-state index is 0. The van der Waals surface area contributed by atoms with Gasteiger partial charge < -0.3 is 15.5 Å². The second-order valence-electron chi connectivity index (χ2n) is 6.94. The molecule has 5 nitrogen and oxygen atoms in total. The second-order valence-corrected chi connectivity index (χ2v) is 6.94. The zero-order valence-electron chi connectivity index (χ0n) is 14.8. The summed E-state index contributed by atoms with van der Waals surface area (Å²) in [6.45, 7) is 6.38. The van der Waals surface area contributed by atoms with E-state index in [4.69, 9.17) is 0 Å². The monoisotopic (exact) mass is 443 g/mol. The van der Waals surface area contributed by atoms with Gasteiger partial charge in [0.25, 0.3) is 0 Å². The van der Waals surface area contributed by atoms with Gasteiger partial charge in [-0.2, -0.15) is 0 Å².